The number of nitrogens with one attached hydrogen (secondary N) is 2. The first-order chi connectivity index (χ1) is 11.7. The first-order valence-electron chi connectivity index (χ1n) is 9.41. The zero-order chi connectivity index (χ0) is 19.3. The van der Waals surface area contributed by atoms with E-state index in [4.69, 9.17) is 9.47 Å². The Hall–Kier alpha value is -1.14. The lowest BCUT2D eigenvalue weighted by Crippen LogP contribution is -2.32. The Kier molecular flexibility index (Phi) is 12.5. The molecule has 25 heavy (non-hydrogen) atoms. The molecule has 6 nitrogen and oxygen atoms in total. The lowest BCUT2D eigenvalue weighted by atomic mass is 9.87. The molecule has 2 N–H and O–H groups in total. The molecule has 2 amide bonds. The molecule has 0 bridgehead atoms. The van der Waals surface area contributed by atoms with Crippen LogP contribution in [0.5, 0.6) is 0 Å². The van der Waals surface area contributed by atoms with Gasteiger partial charge in [0.25, 0.3) is 0 Å². The predicted octanol–water partition coefficient (Wildman–Crippen LogP) is 2.66. The van der Waals surface area contributed by atoms with Gasteiger partial charge >= 0.3 is 0 Å². The molecule has 0 aliphatic rings. The number of hydrogen-bond donors (Lipinski definition) is 2. The van der Waals surface area contributed by atoms with Crippen LogP contribution in [-0.4, -0.2) is 50.3 Å². The average Bonchev–Trinajstić information content (AvgIpc) is 2.49. The topological polar surface area (TPSA) is 76.7 Å². The van der Waals surface area contributed by atoms with E-state index < -0.39 is 0 Å². The summed E-state index contributed by atoms with van der Waals surface area (Å²) >= 11 is 0. The van der Waals surface area contributed by atoms with Crippen LogP contribution < -0.4 is 10.6 Å². The molecule has 0 aliphatic heterocycles. The van der Waals surface area contributed by atoms with Crippen LogP contribution in [0, 0.1) is 5.41 Å². The van der Waals surface area contributed by atoms with E-state index >= 15 is 0 Å². The minimum atomic E-state index is -0.0895. The quantitative estimate of drug-likeness (QED) is 0.468. The summed E-state index contributed by atoms with van der Waals surface area (Å²) < 4.78 is 11.1. The van der Waals surface area contributed by atoms with Crippen LogP contribution in [-0.2, 0) is 19.1 Å². The molecule has 0 spiro atoms. The Morgan fingerprint density at radius 2 is 1.72 bits per heavy atom. The van der Waals surface area contributed by atoms with Gasteiger partial charge in [0.2, 0.25) is 11.8 Å². The van der Waals surface area contributed by atoms with Gasteiger partial charge in [-0.2, -0.15) is 0 Å². The van der Waals surface area contributed by atoms with E-state index in [0.717, 1.165) is 12.8 Å². The highest BCUT2D eigenvalue weighted by Gasteiger charge is 2.16. The number of carbonyl (C=O) groups is 2. The summed E-state index contributed by atoms with van der Waals surface area (Å²) in [7, 11) is 0. The van der Waals surface area contributed by atoms with Crippen LogP contribution in [0.15, 0.2) is 0 Å². The highest BCUT2D eigenvalue weighted by molar-refractivity contribution is 5.76. The molecule has 0 aromatic heterocycles. The molecule has 0 saturated heterocycles. The van der Waals surface area contributed by atoms with Crippen molar-refractivity contribution in [3.05, 3.63) is 0 Å². The Morgan fingerprint density at radius 1 is 1.04 bits per heavy atom. The molecule has 1 unspecified atom stereocenters. The van der Waals surface area contributed by atoms with E-state index in [2.05, 4.69) is 31.4 Å². The first-order valence-corrected chi connectivity index (χ1v) is 9.41. The molecule has 0 aromatic carbocycles. The van der Waals surface area contributed by atoms with Crippen molar-refractivity contribution in [2.75, 3.05) is 26.4 Å². The fourth-order valence-corrected chi connectivity index (χ4v) is 2.03. The average molecular weight is 359 g/mol. The molecule has 0 radical (unpaired) electrons. The lowest BCUT2D eigenvalue weighted by Gasteiger charge is -2.23. The highest BCUT2D eigenvalue weighted by atomic mass is 16.5. The third-order valence-corrected chi connectivity index (χ3v) is 4.10. The normalized spacial score (nSPS) is 12.9. The first kappa shape index (κ1) is 23.9. The maximum Gasteiger partial charge on any atom is 0.222 e. The second-order valence-corrected chi connectivity index (χ2v) is 7.59. The number of rotatable bonds is 14. The largest absolute Gasteiger partial charge is 0.379 e. The molecular formula is C19H38N2O4. The van der Waals surface area contributed by atoms with Crippen molar-refractivity contribution in [3.8, 4) is 0 Å². The van der Waals surface area contributed by atoms with Gasteiger partial charge in [0.05, 0.1) is 25.7 Å². The molecule has 0 fully saturated rings. The van der Waals surface area contributed by atoms with E-state index in [9.17, 15) is 9.59 Å². The Bertz CT molecular complexity index is 384. The van der Waals surface area contributed by atoms with Crippen molar-refractivity contribution in [1.29, 1.82) is 0 Å². The zero-order valence-corrected chi connectivity index (χ0v) is 16.9. The second-order valence-electron chi connectivity index (χ2n) is 7.59. The molecule has 6 heteroatoms. The lowest BCUT2D eigenvalue weighted by molar-refractivity contribution is -0.125. The van der Waals surface area contributed by atoms with Crippen LogP contribution in [0.25, 0.3) is 0 Å². The van der Waals surface area contributed by atoms with Crippen molar-refractivity contribution in [3.63, 3.8) is 0 Å². The number of ether oxygens (including phenoxy) is 2. The number of hydrogen-bond acceptors (Lipinski definition) is 4. The van der Waals surface area contributed by atoms with Crippen molar-refractivity contribution < 1.29 is 19.1 Å². The van der Waals surface area contributed by atoms with E-state index in [1.807, 2.05) is 20.8 Å². The van der Waals surface area contributed by atoms with E-state index in [1.54, 1.807) is 0 Å². The summed E-state index contributed by atoms with van der Waals surface area (Å²) in [5.41, 5.74) is 0.283. The minimum absolute atomic E-state index is 0.0174. The van der Waals surface area contributed by atoms with Gasteiger partial charge in [-0.15, -0.1) is 0 Å². The van der Waals surface area contributed by atoms with Crippen molar-refractivity contribution in [1.82, 2.24) is 10.6 Å². The number of carbonyl (C=O) groups excluding carboxylic acids is 2. The summed E-state index contributed by atoms with van der Waals surface area (Å²) in [6.45, 7) is 14.3. The van der Waals surface area contributed by atoms with Crippen LogP contribution in [0.4, 0.5) is 0 Å². The molecule has 0 saturated carbocycles. The standard InChI is InChI=1S/C19H38N2O4/c1-7-19(5,6)9-12-25-16(4)14-18(23)20-10-13-24-11-8-17(22)21-15(2)3/h15-16H,7-14H2,1-6H3,(H,20,23)(H,21,22). The van der Waals surface area contributed by atoms with E-state index in [1.165, 1.54) is 0 Å². The fourth-order valence-electron chi connectivity index (χ4n) is 2.03. The summed E-state index contributed by atoms with van der Waals surface area (Å²) in [6, 6.07) is 0.143. The van der Waals surface area contributed by atoms with Crippen LogP contribution in [0.2, 0.25) is 0 Å². The molecule has 0 heterocycles. The molecule has 0 aliphatic carbocycles. The minimum Gasteiger partial charge on any atom is -0.379 e. The monoisotopic (exact) mass is 358 g/mol. The third kappa shape index (κ3) is 14.9. The van der Waals surface area contributed by atoms with Crippen LogP contribution >= 0.6 is 0 Å². The van der Waals surface area contributed by atoms with Gasteiger partial charge in [-0.3, -0.25) is 9.59 Å². The van der Waals surface area contributed by atoms with E-state index in [-0.39, 0.29) is 29.4 Å². The van der Waals surface area contributed by atoms with Gasteiger partial charge in [-0.05, 0) is 32.6 Å². The van der Waals surface area contributed by atoms with E-state index in [0.29, 0.717) is 39.2 Å². The maximum atomic E-state index is 11.8. The Labute approximate surface area is 153 Å². The summed E-state index contributed by atoms with van der Waals surface area (Å²) in [5, 5.41) is 5.61. The zero-order valence-electron chi connectivity index (χ0n) is 16.9. The van der Waals surface area contributed by atoms with Gasteiger partial charge in [-0.25, -0.2) is 0 Å². The third-order valence-electron chi connectivity index (χ3n) is 4.10. The van der Waals surface area contributed by atoms with Gasteiger partial charge in [0.1, 0.15) is 0 Å². The smallest absolute Gasteiger partial charge is 0.222 e. The summed E-state index contributed by atoms with van der Waals surface area (Å²) in [6.07, 6.45) is 2.71. The van der Waals surface area contributed by atoms with Crippen LogP contribution in [0.3, 0.4) is 0 Å². The molecular weight excluding hydrogens is 320 g/mol. The fraction of sp³-hybridized carbons (Fsp3) is 0.895. The summed E-state index contributed by atoms with van der Waals surface area (Å²) in [4.78, 5) is 23.2. The Balaban J connectivity index is 3.62. The van der Waals surface area contributed by atoms with Gasteiger partial charge in [0, 0.05) is 25.6 Å². The van der Waals surface area contributed by atoms with Gasteiger partial charge < -0.3 is 20.1 Å². The van der Waals surface area contributed by atoms with Crippen molar-refractivity contribution in [2.45, 2.75) is 79.4 Å². The number of amides is 2. The SMILES string of the molecule is CCC(C)(C)CCOC(C)CC(=O)NCCOCCC(=O)NC(C)C. The summed E-state index contributed by atoms with van der Waals surface area (Å²) in [5.74, 6) is -0.0559. The Morgan fingerprint density at radius 3 is 2.32 bits per heavy atom. The van der Waals surface area contributed by atoms with Gasteiger partial charge in [0.15, 0.2) is 0 Å². The van der Waals surface area contributed by atoms with Crippen molar-refractivity contribution >= 4 is 11.8 Å². The molecule has 0 aromatic rings. The van der Waals surface area contributed by atoms with Crippen LogP contribution in [0.1, 0.15) is 67.2 Å². The predicted molar refractivity (Wildman–Crippen MR) is 100 cm³/mol. The second kappa shape index (κ2) is 13.1. The maximum absolute atomic E-state index is 11.8. The van der Waals surface area contributed by atoms with Gasteiger partial charge in [-0.1, -0.05) is 27.2 Å². The van der Waals surface area contributed by atoms with Crippen molar-refractivity contribution in [2.24, 2.45) is 5.41 Å². The molecule has 148 valence electrons. The molecule has 1 atom stereocenters. The molecule has 0 rings (SSSR count). The highest BCUT2D eigenvalue weighted by Crippen LogP contribution is 2.24.